The maximum Gasteiger partial charge on any atom is 0.290 e. The van der Waals surface area contributed by atoms with E-state index in [9.17, 15) is 8.78 Å². The molecule has 0 spiro atoms. The summed E-state index contributed by atoms with van der Waals surface area (Å²) < 4.78 is 26.8. The quantitative estimate of drug-likeness (QED) is 0.896. The van der Waals surface area contributed by atoms with Crippen molar-refractivity contribution in [2.45, 2.75) is 18.9 Å². The largest absolute Gasteiger partial charge is 0.390 e. The highest BCUT2D eigenvalue weighted by Gasteiger charge is 2.38. The van der Waals surface area contributed by atoms with E-state index in [0.717, 1.165) is 9.35 Å². The second-order valence-electron chi connectivity index (χ2n) is 3.00. The third-order valence-electron chi connectivity index (χ3n) is 1.85. The molecule has 0 radical (unpaired) electrons. The number of aliphatic hydroxyl groups is 1. The van der Waals surface area contributed by atoms with Crippen LogP contribution >= 0.6 is 27.3 Å². The van der Waals surface area contributed by atoms with Gasteiger partial charge in [-0.3, -0.25) is 0 Å². The van der Waals surface area contributed by atoms with Gasteiger partial charge in [0.05, 0.1) is 3.79 Å². The van der Waals surface area contributed by atoms with E-state index in [4.69, 9.17) is 10.8 Å². The number of hydrogen-bond donors (Lipinski definition) is 2. The lowest BCUT2D eigenvalue weighted by atomic mass is 10.1. The summed E-state index contributed by atoms with van der Waals surface area (Å²) in [7, 11) is 0. The molecule has 0 aliphatic heterocycles. The first-order valence-corrected chi connectivity index (χ1v) is 5.49. The van der Waals surface area contributed by atoms with Crippen LogP contribution < -0.4 is 5.73 Å². The molecule has 80 valence electrons. The fourth-order valence-corrected chi connectivity index (χ4v) is 2.58. The van der Waals surface area contributed by atoms with Crippen molar-refractivity contribution in [3.8, 4) is 0 Å². The van der Waals surface area contributed by atoms with Crippen LogP contribution in [0.5, 0.6) is 0 Å². The van der Waals surface area contributed by atoms with E-state index in [-0.39, 0.29) is 0 Å². The van der Waals surface area contributed by atoms with Gasteiger partial charge in [0.15, 0.2) is 0 Å². The maximum atomic E-state index is 13.0. The zero-order valence-electron chi connectivity index (χ0n) is 7.43. The minimum Gasteiger partial charge on any atom is -0.390 e. The van der Waals surface area contributed by atoms with Gasteiger partial charge in [-0.25, -0.2) is 8.78 Å². The first-order chi connectivity index (χ1) is 6.38. The third kappa shape index (κ3) is 2.31. The van der Waals surface area contributed by atoms with Crippen molar-refractivity contribution in [2.24, 2.45) is 5.73 Å². The Bertz CT molecular complexity index is 310. The van der Waals surface area contributed by atoms with Gasteiger partial charge in [-0.05, 0) is 34.5 Å². The minimum atomic E-state index is -3.27. The summed E-state index contributed by atoms with van der Waals surface area (Å²) in [4.78, 5) is 0.369. The molecule has 0 saturated carbocycles. The average molecular weight is 286 g/mol. The second kappa shape index (κ2) is 4.22. The predicted molar refractivity (Wildman–Crippen MR) is 55.7 cm³/mol. The Morgan fingerprint density at radius 2 is 2.29 bits per heavy atom. The summed E-state index contributed by atoms with van der Waals surface area (Å²) in [5.41, 5.74) is 6.21. The molecule has 0 aliphatic rings. The molecule has 0 aromatic carbocycles. The van der Waals surface area contributed by atoms with E-state index in [0.29, 0.717) is 4.88 Å². The van der Waals surface area contributed by atoms with Gasteiger partial charge in [-0.1, -0.05) is 0 Å². The molecule has 0 unspecified atom stereocenters. The van der Waals surface area contributed by atoms with Crippen LogP contribution in [0.2, 0.25) is 0 Å². The Balaban J connectivity index is 2.94. The molecule has 1 rings (SSSR count). The van der Waals surface area contributed by atoms with Gasteiger partial charge < -0.3 is 10.8 Å². The van der Waals surface area contributed by atoms with Crippen LogP contribution in [0.4, 0.5) is 8.78 Å². The summed E-state index contributed by atoms with van der Waals surface area (Å²) in [6.07, 6.45) is 0. The Morgan fingerprint density at radius 1 is 1.71 bits per heavy atom. The van der Waals surface area contributed by atoms with Crippen molar-refractivity contribution in [3.63, 3.8) is 0 Å². The average Bonchev–Trinajstić information content (AvgIpc) is 2.45. The fraction of sp³-hybridized carbons (Fsp3) is 0.500. The zero-order chi connectivity index (χ0) is 10.9. The minimum absolute atomic E-state index is 0.369. The van der Waals surface area contributed by atoms with Crippen molar-refractivity contribution >= 4 is 27.3 Å². The highest BCUT2D eigenvalue weighted by molar-refractivity contribution is 9.11. The van der Waals surface area contributed by atoms with Gasteiger partial charge in [0, 0.05) is 4.88 Å². The second-order valence-corrected chi connectivity index (χ2v) is 5.40. The lowest BCUT2D eigenvalue weighted by molar-refractivity contribution is -0.0703. The van der Waals surface area contributed by atoms with E-state index in [2.05, 4.69) is 15.9 Å². The van der Waals surface area contributed by atoms with Gasteiger partial charge in [0.1, 0.15) is 12.6 Å². The molecule has 0 bridgehead atoms. The van der Waals surface area contributed by atoms with Gasteiger partial charge in [-0.2, -0.15) is 0 Å². The van der Waals surface area contributed by atoms with Gasteiger partial charge in [-0.15, -0.1) is 11.3 Å². The molecule has 1 heterocycles. The van der Waals surface area contributed by atoms with E-state index in [1.807, 2.05) is 0 Å². The molecule has 0 fully saturated rings. The van der Waals surface area contributed by atoms with Gasteiger partial charge >= 0.3 is 0 Å². The van der Waals surface area contributed by atoms with Crippen molar-refractivity contribution in [1.82, 2.24) is 0 Å². The first-order valence-electron chi connectivity index (χ1n) is 3.88. The molecule has 3 N–H and O–H groups in total. The van der Waals surface area contributed by atoms with E-state index in [1.54, 1.807) is 13.0 Å². The zero-order valence-corrected chi connectivity index (χ0v) is 9.83. The SMILES string of the molecule is Cc1cc([C@H](N)C(F)(F)CO)sc1Br. The first kappa shape index (κ1) is 12.0. The standard InChI is InChI=1S/C8H10BrF2NOS/c1-4-2-5(14-7(4)9)6(12)8(10,11)3-13/h2,6,13H,3,12H2,1H3/t6-/m0/s1. The van der Waals surface area contributed by atoms with E-state index < -0.39 is 18.6 Å². The number of thiophene rings is 1. The fourth-order valence-electron chi connectivity index (χ4n) is 0.943. The van der Waals surface area contributed by atoms with E-state index >= 15 is 0 Å². The van der Waals surface area contributed by atoms with Crippen LogP contribution in [0.3, 0.4) is 0 Å². The lowest BCUT2D eigenvalue weighted by Crippen LogP contribution is -2.35. The number of rotatable bonds is 3. The molecule has 2 nitrogen and oxygen atoms in total. The van der Waals surface area contributed by atoms with Crippen molar-refractivity contribution in [1.29, 1.82) is 0 Å². The molecule has 0 amide bonds. The van der Waals surface area contributed by atoms with Crippen LogP contribution in [0.25, 0.3) is 0 Å². The number of alkyl halides is 2. The monoisotopic (exact) mass is 285 g/mol. The number of aryl methyl sites for hydroxylation is 1. The summed E-state index contributed by atoms with van der Waals surface area (Å²) in [6, 6.07) is 0.158. The summed E-state index contributed by atoms with van der Waals surface area (Å²) >= 11 is 4.39. The molecule has 1 aromatic heterocycles. The van der Waals surface area contributed by atoms with Crippen molar-refractivity contribution in [3.05, 3.63) is 20.3 Å². The summed E-state index contributed by atoms with van der Waals surface area (Å²) in [5.74, 6) is -3.27. The van der Waals surface area contributed by atoms with Crippen molar-refractivity contribution in [2.75, 3.05) is 6.61 Å². The van der Waals surface area contributed by atoms with Gasteiger partial charge in [0.2, 0.25) is 0 Å². The Kier molecular flexibility index (Phi) is 3.63. The molecule has 6 heteroatoms. The smallest absolute Gasteiger partial charge is 0.290 e. The molecular formula is C8H10BrF2NOS. The number of hydrogen-bond acceptors (Lipinski definition) is 3. The Morgan fingerprint density at radius 3 is 2.64 bits per heavy atom. The van der Waals surface area contributed by atoms with Gasteiger partial charge in [0.25, 0.3) is 5.92 Å². The summed E-state index contributed by atoms with van der Waals surface area (Å²) in [5, 5.41) is 8.46. The molecular weight excluding hydrogens is 276 g/mol. The van der Waals surface area contributed by atoms with Crippen LogP contribution in [0.15, 0.2) is 9.85 Å². The van der Waals surface area contributed by atoms with E-state index in [1.165, 1.54) is 11.3 Å². The van der Waals surface area contributed by atoms with Crippen LogP contribution in [0.1, 0.15) is 16.5 Å². The lowest BCUT2D eigenvalue weighted by Gasteiger charge is -2.19. The molecule has 1 atom stereocenters. The molecule has 0 aliphatic carbocycles. The Labute approximate surface area is 92.9 Å². The number of halogens is 3. The highest BCUT2D eigenvalue weighted by Crippen LogP contribution is 2.36. The number of aliphatic hydroxyl groups excluding tert-OH is 1. The van der Waals surface area contributed by atoms with Crippen LogP contribution in [-0.4, -0.2) is 17.6 Å². The molecule has 14 heavy (non-hydrogen) atoms. The molecule has 1 aromatic rings. The molecule has 0 saturated heterocycles. The predicted octanol–water partition coefficient (Wildman–Crippen LogP) is 2.45. The maximum absolute atomic E-state index is 13.0. The Hall–Kier alpha value is -0.0400. The highest BCUT2D eigenvalue weighted by atomic mass is 79.9. The van der Waals surface area contributed by atoms with Crippen LogP contribution in [0, 0.1) is 6.92 Å². The van der Waals surface area contributed by atoms with Crippen molar-refractivity contribution < 1.29 is 13.9 Å². The summed E-state index contributed by atoms with van der Waals surface area (Å²) in [6.45, 7) is 0.566. The number of nitrogens with two attached hydrogens (primary N) is 1. The van der Waals surface area contributed by atoms with Crippen LogP contribution in [-0.2, 0) is 0 Å². The third-order valence-corrected chi connectivity index (χ3v) is 4.07. The normalized spacial score (nSPS) is 14.4. The topological polar surface area (TPSA) is 46.2 Å².